The van der Waals surface area contributed by atoms with E-state index >= 15 is 0 Å². The molecule has 0 unspecified atom stereocenters. The maximum Gasteiger partial charge on any atom is 0.0594 e. The molecule has 2 rings (SSSR count). The highest BCUT2D eigenvalue weighted by molar-refractivity contribution is 7.99. The zero-order valence-electron chi connectivity index (χ0n) is 10.7. The molecule has 2 nitrogen and oxygen atoms in total. The van der Waals surface area contributed by atoms with Crippen molar-refractivity contribution in [3.63, 3.8) is 0 Å². The van der Waals surface area contributed by atoms with Crippen molar-refractivity contribution in [1.29, 1.82) is 0 Å². The normalized spacial score (nSPS) is 17.6. The van der Waals surface area contributed by atoms with Crippen LogP contribution < -0.4 is 0 Å². The van der Waals surface area contributed by atoms with Crippen LogP contribution in [0, 0.1) is 0 Å². The molecule has 0 spiro atoms. The maximum absolute atomic E-state index is 5.36. The van der Waals surface area contributed by atoms with Crippen LogP contribution in [-0.2, 0) is 11.3 Å². The topological polar surface area (TPSA) is 12.5 Å². The van der Waals surface area contributed by atoms with Gasteiger partial charge in [-0.05, 0) is 17.7 Å². The predicted octanol–water partition coefficient (Wildman–Crippen LogP) is 3.02. The minimum atomic E-state index is 0.653. The van der Waals surface area contributed by atoms with Crippen molar-refractivity contribution in [1.82, 2.24) is 4.90 Å². The fourth-order valence-electron chi connectivity index (χ4n) is 1.96. The van der Waals surface area contributed by atoms with Gasteiger partial charge in [0.05, 0.1) is 13.2 Å². The van der Waals surface area contributed by atoms with Crippen LogP contribution in [0.25, 0.3) is 0 Å². The predicted molar refractivity (Wildman–Crippen MR) is 73.5 cm³/mol. The summed E-state index contributed by atoms with van der Waals surface area (Å²) < 4.78 is 5.36. The summed E-state index contributed by atoms with van der Waals surface area (Å²) in [5.74, 6) is 0. The first-order valence-corrected chi connectivity index (χ1v) is 7.18. The van der Waals surface area contributed by atoms with Crippen molar-refractivity contribution < 1.29 is 4.74 Å². The van der Waals surface area contributed by atoms with Crippen LogP contribution in [0.15, 0.2) is 29.2 Å². The molecule has 0 aliphatic carbocycles. The summed E-state index contributed by atoms with van der Waals surface area (Å²) in [6, 6.07) is 8.97. The molecule has 0 radical (unpaired) electrons. The van der Waals surface area contributed by atoms with E-state index in [9.17, 15) is 0 Å². The summed E-state index contributed by atoms with van der Waals surface area (Å²) >= 11 is 1.92. The molecule has 1 aliphatic heterocycles. The number of morpholine rings is 1. The lowest BCUT2D eigenvalue weighted by molar-refractivity contribution is 0.0342. The van der Waals surface area contributed by atoms with E-state index in [-0.39, 0.29) is 0 Å². The molecule has 17 heavy (non-hydrogen) atoms. The lowest BCUT2D eigenvalue weighted by atomic mass is 10.2. The number of hydrogen-bond acceptors (Lipinski definition) is 3. The molecule has 0 saturated carbocycles. The lowest BCUT2D eigenvalue weighted by Gasteiger charge is -2.26. The van der Waals surface area contributed by atoms with Crippen LogP contribution in [0.2, 0.25) is 0 Å². The Balaban J connectivity index is 1.88. The molecule has 1 saturated heterocycles. The van der Waals surface area contributed by atoms with Gasteiger partial charge in [0, 0.05) is 29.8 Å². The van der Waals surface area contributed by atoms with Gasteiger partial charge in [-0.1, -0.05) is 26.0 Å². The van der Waals surface area contributed by atoms with Gasteiger partial charge in [-0.3, -0.25) is 4.90 Å². The largest absolute Gasteiger partial charge is 0.379 e. The molecule has 0 aromatic heterocycles. The second-order valence-corrected chi connectivity index (χ2v) is 6.35. The van der Waals surface area contributed by atoms with Gasteiger partial charge in [0.15, 0.2) is 0 Å². The van der Waals surface area contributed by atoms with E-state index < -0.39 is 0 Å². The molecule has 0 amide bonds. The van der Waals surface area contributed by atoms with Gasteiger partial charge >= 0.3 is 0 Å². The summed E-state index contributed by atoms with van der Waals surface area (Å²) in [5, 5.41) is 0.653. The van der Waals surface area contributed by atoms with Crippen molar-refractivity contribution in [2.45, 2.75) is 30.5 Å². The highest BCUT2D eigenvalue weighted by Crippen LogP contribution is 2.23. The van der Waals surface area contributed by atoms with E-state index in [2.05, 4.69) is 43.0 Å². The third kappa shape index (κ3) is 4.34. The zero-order chi connectivity index (χ0) is 12.1. The first-order chi connectivity index (χ1) is 8.24. The second-order valence-electron chi connectivity index (χ2n) is 4.70. The van der Waals surface area contributed by atoms with Crippen LogP contribution in [0.5, 0.6) is 0 Å². The molecule has 1 aromatic carbocycles. The number of ether oxygens (including phenoxy) is 1. The lowest BCUT2D eigenvalue weighted by Crippen LogP contribution is -2.35. The summed E-state index contributed by atoms with van der Waals surface area (Å²) in [6.07, 6.45) is 0. The van der Waals surface area contributed by atoms with Gasteiger partial charge in [-0.25, -0.2) is 0 Å². The van der Waals surface area contributed by atoms with E-state index in [1.807, 2.05) is 11.8 Å². The van der Waals surface area contributed by atoms with Gasteiger partial charge in [0.1, 0.15) is 0 Å². The van der Waals surface area contributed by atoms with Gasteiger partial charge < -0.3 is 4.74 Å². The van der Waals surface area contributed by atoms with E-state index in [0.29, 0.717) is 5.25 Å². The fraction of sp³-hybridized carbons (Fsp3) is 0.571. The summed E-state index contributed by atoms with van der Waals surface area (Å²) in [7, 11) is 0. The summed E-state index contributed by atoms with van der Waals surface area (Å²) in [6.45, 7) is 9.38. The molecule has 0 atom stereocenters. The Morgan fingerprint density at radius 2 is 1.82 bits per heavy atom. The van der Waals surface area contributed by atoms with E-state index in [0.717, 1.165) is 32.8 Å². The van der Waals surface area contributed by atoms with Gasteiger partial charge in [-0.2, -0.15) is 0 Å². The smallest absolute Gasteiger partial charge is 0.0594 e. The van der Waals surface area contributed by atoms with E-state index in [4.69, 9.17) is 4.74 Å². The van der Waals surface area contributed by atoms with Crippen molar-refractivity contribution in [2.75, 3.05) is 26.3 Å². The zero-order valence-corrected chi connectivity index (χ0v) is 11.5. The molecule has 0 bridgehead atoms. The third-order valence-corrected chi connectivity index (χ3v) is 3.82. The molecule has 1 fully saturated rings. The molecule has 3 heteroatoms. The van der Waals surface area contributed by atoms with Crippen LogP contribution in [0.3, 0.4) is 0 Å². The highest BCUT2D eigenvalue weighted by Gasteiger charge is 2.10. The second kappa shape index (κ2) is 6.43. The number of nitrogens with zero attached hydrogens (tertiary/aromatic N) is 1. The van der Waals surface area contributed by atoms with Gasteiger partial charge in [-0.15, -0.1) is 11.8 Å². The van der Waals surface area contributed by atoms with Crippen LogP contribution >= 0.6 is 11.8 Å². The Hall–Kier alpha value is -0.510. The molecular formula is C14H21NOS. The van der Waals surface area contributed by atoms with Crippen molar-refractivity contribution in [3.05, 3.63) is 29.8 Å². The Morgan fingerprint density at radius 1 is 1.18 bits per heavy atom. The summed E-state index contributed by atoms with van der Waals surface area (Å²) in [4.78, 5) is 3.82. The van der Waals surface area contributed by atoms with Crippen molar-refractivity contribution >= 4 is 11.8 Å². The first kappa shape index (κ1) is 12.9. The first-order valence-electron chi connectivity index (χ1n) is 6.30. The van der Waals surface area contributed by atoms with E-state index in [1.54, 1.807) is 0 Å². The fourth-order valence-corrected chi connectivity index (χ4v) is 2.80. The quantitative estimate of drug-likeness (QED) is 0.763. The Kier molecular flexibility index (Phi) is 4.89. The highest BCUT2D eigenvalue weighted by atomic mass is 32.2. The van der Waals surface area contributed by atoms with Crippen LogP contribution in [-0.4, -0.2) is 36.5 Å². The molecule has 1 aromatic rings. The van der Waals surface area contributed by atoms with Crippen LogP contribution in [0.1, 0.15) is 19.4 Å². The van der Waals surface area contributed by atoms with Crippen molar-refractivity contribution in [3.8, 4) is 0 Å². The monoisotopic (exact) mass is 251 g/mol. The standard InChI is InChI=1S/C14H21NOS/c1-12(2)17-14-5-3-13(4-6-14)11-15-7-9-16-10-8-15/h3-6,12H,7-11H2,1-2H3. The minimum absolute atomic E-state index is 0.653. The Morgan fingerprint density at radius 3 is 2.41 bits per heavy atom. The minimum Gasteiger partial charge on any atom is -0.379 e. The van der Waals surface area contributed by atoms with Gasteiger partial charge in [0.2, 0.25) is 0 Å². The maximum atomic E-state index is 5.36. The van der Waals surface area contributed by atoms with Crippen LogP contribution in [0.4, 0.5) is 0 Å². The molecule has 1 heterocycles. The molecular weight excluding hydrogens is 230 g/mol. The molecule has 0 N–H and O–H groups in total. The SMILES string of the molecule is CC(C)Sc1ccc(CN2CCOCC2)cc1. The van der Waals surface area contributed by atoms with Gasteiger partial charge in [0.25, 0.3) is 0 Å². The van der Waals surface area contributed by atoms with Crippen molar-refractivity contribution in [2.24, 2.45) is 0 Å². The number of benzene rings is 1. The average molecular weight is 251 g/mol. The Labute approximate surface area is 108 Å². The molecule has 94 valence electrons. The Bertz CT molecular complexity index is 331. The average Bonchev–Trinajstić information content (AvgIpc) is 2.32. The third-order valence-electron chi connectivity index (χ3n) is 2.81. The number of hydrogen-bond donors (Lipinski definition) is 0. The number of thioether (sulfide) groups is 1. The van der Waals surface area contributed by atoms with E-state index in [1.165, 1.54) is 10.5 Å². The molecule has 1 aliphatic rings. The summed E-state index contributed by atoms with van der Waals surface area (Å²) in [5.41, 5.74) is 1.40. The number of rotatable bonds is 4.